The Morgan fingerprint density at radius 1 is 0.895 bits per heavy atom. The van der Waals surface area contributed by atoms with Gasteiger partial charge in [-0.1, -0.05) is 48.6 Å². The van der Waals surface area contributed by atoms with Crippen LogP contribution in [0.4, 0.5) is 0 Å². The normalized spacial score (nSPS) is 42.1. The maximum absolute atomic E-state index is 12.1. The molecule has 0 N–H and O–H groups in total. The second-order valence-corrected chi connectivity index (χ2v) is 14.6. The monoisotopic (exact) mass is 532 g/mol. The number of hydrogen-bond donors (Lipinski definition) is 0. The van der Waals surface area contributed by atoms with Crippen LogP contribution < -0.4 is 0 Å². The lowest BCUT2D eigenvalue weighted by molar-refractivity contribution is -0.188. The number of fused-ring (bicyclic) bond motifs is 10. The van der Waals surface area contributed by atoms with Crippen LogP contribution in [0.15, 0.2) is 12.3 Å². The highest BCUT2D eigenvalue weighted by atomic mass is 16.7. The van der Waals surface area contributed by atoms with Crippen molar-refractivity contribution in [3.8, 4) is 0 Å². The number of esters is 1. The molecule has 10 unspecified atom stereocenters. The fraction of sp³-hybridized carbons (Fsp3) is 0.909. The van der Waals surface area contributed by atoms with E-state index in [4.69, 9.17) is 18.9 Å². The lowest BCUT2D eigenvalue weighted by Crippen LogP contribution is -2.40. The number of ether oxygens (including phenoxy) is 4. The number of carbonyl (C=O) groups is 1. The van der Waals surface area contributed by atoms with Gasteiger partial charge in [0.15, 0.2) is 0 Å². The van der Waals surface area contributed by atoms with Crippen LogP contribution in [-0.4, -0.2) is 31.8 Å². The fourth-order valence-electron chi connectivity index (χ4n) is 8.42. The van der Waals surface area contributed by atoms with Crippen LogP contribution in [0.25, 0.3) is 0 Å². The standard InChI is InChI=1S/C17H28O2.C15H24O3.CH4/c1-6-16(3,4)11(2)19-15-17(5)13-8-7-12(9-13)14(17)10-18-15;1-4-15(2,3)14(16)18-13-12-10-6-5-9(7-10)11(12)8-17-13;/h12-15H,2,6-10H2,1,3-5H3;9-13H,4-8H2,1-3H3;1H4. The highest BCUT2D eigenvalue weighted by Gasteiger charge is 2.64. The highest BCUT2D eigenvalue weighted by molar-refractivity contribution is 5.75. The molecule has 0 aromatic rings. The van der Waals surface area contributed by atoms with Gasteiger partial charge in [-0.05, 0) is 101 Å². The van der Waals surface area contributed by atoms with E-state index in [1.165, 1.54) is 38.5 Å². The molecule has 2 heterocycles. The summed E-state index contributed by atoms with van der Waals surface area (Å²) in [5, 5.41) is 0. The summed E-state index contributed by atoms with van der Waals surface area (Å²) in [5.41, 5.74) is -0.121. The predicted molar refractivity (Wildman–Crippen MR) is 151 cm³/mol. The van der Waals surface area contributed by atoms with Crippen LogP contribution in [-0.2, 0) is 23.7 Å². The first-order valence-corrected chi connectivity index (χ1v) is 15.2. The molecule has 2 aliphatic heterocycles. The molecule has 4 bridgehead atoms. The van der Waals surface area contributed by atoms with Crippen molar-refractivity contribution >= 4 is 5.97 Å². The summed E-state index contributed by atoms with van der Waals surface area (Å²) in [4.78, 5) is 12.1. The zero-order valence-electron chi connectivity index (χ0n) is 24.5. The summed E-state index contributed by atoms with van der Waals surface area (Å²) in [5.74, 6) is 5.92. The van der Waals surface area contributed by atoms with E-state index in [-0.39, 0.29) is 42.2 Å². The molecule has 10 atom stereocenters. The average Bonchev–Trinajstić information content (AvgIpc) is 3.69. The van der Waals surface area contributed by atoms with E-state index in [1.54, 1.807) is 0 Å². The van der Waals surface area contributed by atoms with Gasteiger partial charge >= 0.3 is 5.97 Å². The fourth-order valence-corrected chi connectivity index (χ4v) is 8.42. The Morgan fingerprint density at radius 3 is 2.24 bits per heavy atom. The maximum Gasteiger partial charge on any atom is 0.313 e. The zero-order valence-corrected chi connectivity index (χ0v) is 24.5. The first-order chi connectivity index (χ1) is 17.4. The maximum atomic E-state index is 12.1. The van der Waals surface area contributed by atoms with Gasteiger partial charge < -0.3 is 18.9 Å². The second-order valence-electron chi connectivity index (χ2n) is 14.6. The summed E-state index contributed by atoms with van der Waals surface area (Å²) in [6.45, 7) is 20.8. The van der Waals surface area contributed by atoms with E-state index in [0.717, 1.165) is 55.5 Å². The Morgan fingerprint density at radius 2 is 1.55 bits per heavy atom. The lowest BCUT2D eigenvalue weighted by atomic mass is 9.68. The minimum absolute atomic E-state index is 0. The lowest BCUT2D eigenvalue weighted by Gasteiger charge is -2.40. The number of carbonyl (C=O) groups excluding carboxylic acids is 1. The first-order valence-electron chi connectivity index (χ1n) is 15.2. The van der Waals surface area contributed by atoms with Gasteiger partial charge in [-0.15, -0.1) is 0 Å². The Balaban J connectivity index is 0.000000173. The van der Waals surface area contributed by atoms with E-state index in [9.17, 15) is 4.79 Å². The molecule has 6 aliphatic rings. The molecule has 6 fully saturated rings. The minimum atomic E-state index is -0.390. The van der Waals surface area contributed by atoms with E-state index in [1.807, 2.05) is 20.8 Å². The summed E-state index contributed by atoms with van der Waals surface area (Å²) in [6.07, 6.45) is 9.69. The predicted octanol–water partition coefficient (Wildman–Crippen LogP) is 7.98. The molecule has 4 aliphatic carbocycles. The molecule has 218 valence electrons. The van der Waals surface area contributed by atoms with E-state index in [2.05, 4.69) is 34.3 Å². The molecule has 5 heteroatoms. The quantitative estimate of drug-likeness (QED) is 0.246. The third-order valence-electron chi connectivity index (χ3n) is 12.1. The van der Waals surface area contributed by atoms with Crippen LogP contribution in [0.2, 0.25) is 0 Å². The van der Waals surface area contributed by atoms with Crippen LogP contribution >= 0.6 is 0 Å². The van der Waals surface area contributed by atoms with Crippen molar-refractivity contribution in [3.63, 3.8) is 0 Å². The summed E-state index contributed by atoms with van der Waals surface area (Å²) in [7, 11) is 0. The summed E-state index contributed by atoms with van der Waals surface area (Å²) >= 11 is 0. The topological polar surface area (TPSA) is 54.0 Å². The minimum Gasteiger partial charge on any atom is -0.469 e. The van der Waals surface area contributed by atoms with Crippen LogP contribution in [0.1, 0.15) is 107 Å². The molecular weight excluding hydrogens is 476 g/mol. The molecule has 6 rings (SSSR count). The third-order valence-corrected chi connectivity index (χ3v) is 12.1. The SMILES string of the molecule is C.C=C(OC1OCC2C3CCC(C3)C12C)C(C)(C)CC.CCC(C)(C)C(=O)OC1OCC2C3CCC(C3)C12. The molecule has 5 nitrogen and oxygen atoms in total. The van der Waals surface area contributed by atoms with Crippen molar-refractivity contribution < 1.29 is 23.7 Å². The Bertz CT molecular complexity index is 879. The largest absolute Gasteiger partial charge is 0.469 e. The van der Waals surface area contributed by atoms with Crippen molar-refractivity contribution in [2.45, 2.75) is 120 Å². The molecule has 0 amide bonds. The Kier molecular flexibility index (Phi) is 8.44. The van der Waals surface area contributed by atoms with Crippen LogP contribution in [0, 0.1) is 57.7 Å². The van der Waals surface area contributed by atoms with Crippen molar-refractivity contribution in [2.75, 3.05) is 13.2 Å². The van der Waals surface area contributed by atoms with Crippen LogP contribution in [0.5, 0.6) is 0 Å². The number of rotatable bonds is 7. The van der Waals surface area contributed by atoms with E-state index < -0.39 is 0 Å². The molecule has 0 spiro atoms. The molecule has 38 heavy (non-hydrogen) atoms. The number of allylic oxidation sites excluding steroid dienone is 1. The second kappa shape index (κ2) is 10.7. The van der Waals surface area contributed by atoms with Gasteiger partial charge in [-0.3, -0.25) is 4.79 Å². The highest BCUT2D eigenvalue weighted by Crippen LogP contribution is 2.64. The summed E-state index contributed by atoms with van der Waals surface area (Å²) in [6, 6.07) is 0. The Hall–Kier alpha value is -1.07. The smallest absolute Gasteiger partial charge is 0.313 e. The van der Waals surface area contributed by atoms with Gasteiger partial charge in [-0.25, -0.2) is 0 Å². The van der Waals surface area contributed by atoms with Gasteiger partial charge in [0.2, 0.25) is 12.6 Å². The third kappa shape index (κ3) is 4.86. The molecule has 2 saturated heterocycles. The number of hydrogen-bond acceptors (Lipinski definition) is 5. The van der Waals surface area contributed by atoms with Gasteiger partial charge in [0, 0.05) is 16.7 Å². The van der Waals surface area contributed by atoms with Crippen molar-refractivity contribution in [1.29, 1.82) is 0 Å². The van der Waals surface area contributed by atoms with Crippen molar-refractivity contribution in [1.82, 2.24) is 0 Å². The van der Waals surface area contributed by atoms with E-state index >= 15 is 0 Å². The van der Waals surface area contributed by atoms with Gasteiger partial charge in [0.25, 0.3) is 0 Å². The van der Waals surface area contributed by atoms with Gasteiger partial charge in [0.1, 0.15) is 0 Å². The summed E-state index contributed by atoms with van der Waals surface area (Å²) < 4.78 is 23.7. The molecular formula is C33H56O5. The molecule has 0 radical (unpaired) electrons. The van der Waals surface area contributed by atoms with Gasteiger partial charge in [-0.2, -0.15) is 0 Å². The van der Waals surface area contributed by atoms with E-state index in [0.29, 0.717) is 17.8 Å². The molecule has 4 saturated carbocycles. The van der Waals surface area contributed by atoms with Crippen LogP contribution in [0.3, 0.4) is 0 Å². The van der Waals surface area contributed by atoms with Crippen molar-refractivity contribution in [2.24, 2.45) is 57.7 Å². The first kappa shape index (κ1) is 29.9. The zero-order chi connectivity index (χ0) is 26.8. The van der Waals surface area contributed by atoms with Crippen molar-refractivity contribution in [3.05, 3.63) is 12.3 Å². The average molecular weight is 533 g/mol. The molecule has 0 aromatic heterocycles. The molecule has 0 aromatic carbocycles. The Labute approximate surface area is 232 Å². The van der Waals surface area contributed by atoms with Gasteiger partial charge in [0.05, 0.1) is 24.4 Å².